The highest BCUT2D eigenvalue weighted by Crippen LogP contribution is 2.22. The SMILES string of the molecule is O=C(O)C=Cc1ccc(C(OC(=O)c2ccc([N+](=O)[O-])cc2)C(=O)NCCC(=O)O)cc1. The number of carboxylic acid groups (broad SMARTS) is 2. The summed E-state index contributed by atoms with van der Waals surface area (Å²) in [5.74, 6) is -3.95. The molecule has 2 aromatic rings. The lowest BCUT2D eigenvalue weighted by Gasteiger charge is -2.18. The second-order valence-corrected chi connectivity index (χ2v) is 6.36. The van der Waals surface area contributed by atoms with Gasteiger partial charge in [-0.05, 0) is 23.8 Å². The van der Waals surface area contributed by atoms with Crippen LogP contribution in [-0.2, 0) is 19.1 Å². The minimum Gasteiger partial charge on any atom is -0.481 e. The first kappa shape index (κ1) is 23.7. The third kappa shape index (κ3) is 7.06. The van der Waals surface area contributed by atoms with Crippen molar-refractivity contribution in [3.8, 4) is 0 Å². The Balaban J connectivity index is 2.24. The van der Waals surface area contributed by atoms with Crippen molar-refractivity contribution in [2.24, 2.45) is 0 Å². The highest BCUT2D eigenvalue weighted by Gasteiger charge is 2.26. The highest BCUT2D eigenvalue weighted by molar-refractivity contribution is 5.93. The molecular weight excluding hydrogens is 424 g/mol. The Hall–Kier alpha value is -4.54. The summed E-state index contributed by atoms with van der Waals surface area (Å²) in [6.07, 6.45) is 0.480. The van der Waals surface area contributed by atoms with Gasteiger partial charge in [0, 0.05) is 30.3 Å². The number of ether oxygens (including phenoxy) is 1. The Morgan fingerprint density at radius 1 is 1.03 bits per heavy atom. The summed E-state index contributed by atoms with van der Waals surface area (Å²) in [5.41, 5.74) is 0.512. The van der Waals surface area contributed by atoms with Crippen molar-refractivity contribution in [2.45, 2.75) is 12.5 Å². The smallest absolute Gasteiger partial charge is 0.339 e. The van der Waals surface area contributed by atoms with Crippen molar-refractivity contribution in [3.05, 3.63) is 81.4 Å². The molecule has 1 atom stereocenters. The standard InChI is InChI=1S/C21H18N2O9/c24-17(25)10-3-13-1-4-14(5-2-13)19(20(28)22-12-11-18(26)27)32-21(29)15-6-8-16(9-7-15)23(30)31/h1-10,19H,11-12H2,(H,22,28)(H,24,25)(H,26,27). The van der Waals surface area contributed by atoms with Crippen LogP contribution in [0.1, 0.15) is 34.0 Å². The maximum Gasteiger partial charge on any atom is 0.339 e. The Morgan fingerprint density at radius 2 is 1.66 bits per heavy atom. The van der Waals surface area contributed by atoms with Crippen molar-refractivity contribution in [2.75, 3.05) is 6.54 Å². The largest absolute Gasteiger partial charge is 0.481 e. The molecule has 1 amide bonds. The van der Waals surface area contributed by atoms with E-state index < -0.39 is 34.8 Å². The van der Waals surface area contributed by atoms with E-state index in [1.807, 2.05) is 0 Å². The van der Waals surface area contributed by atoms with Crippen LogP contribution in [0.5, 0.6) is 0 Å². The fourth-order valence-electron chi connectivity index (χ4n) is 2.50. The molecule has 0 aliphatic heterocycles. The Kier molecular flexibility index (Phi) is 8.17. The van der Waals surface area contributed by atoms with Crippen molar-refractivity contribution in [3.63, 3.8) is 0 Å². The van der Waals surface area contributed by atoms with Gasteiger partial charge in [-0.25, -0.2) is 9.59 Å². The van der Waals surface area contributed by atoms with Gasteiger partial charge in [-0.2, -0.15) is 0 Å². The molecule has 0 aliphatic rings. The minimum absolute atomic E-state index is 0.0278. The molecule has 0 spiro atoms. The number of amides is 1. The molecule has 11 heteroatoms. The first-order valence-corrected chi connectivity index (χ1v) is 9.13. The molecule has 3 N–H and O–H groups in total. The summed E-state index contributed by atoms with van der Waals surface area (Å²) < 4.78 is 5.30. The van der Waals surface area contributed by atoms with Crippen LogP contribution in [0.3, 0.4) is 0 Å². The first-order valence-electron chi connectivity index (χ1n) is 9.13. The van der Waals surface area contributed by atoms with Crippen LogP contribution in [0.4, 0.5) is 5.69 Å². The highest BCUT2D eigenvalue weighted by atomic mass is 16.6. The average Bonchev–Trinajstić information content (AvgIpc) is 2.76. The van der Waals surface area contributed by atoms with Crippen molar-refractivity contribution in [1.82, 2.24) is 5.32 Å². The predicted molar refractivity (Wildman–Crippen MR) is 110 cm³/mol. The Morgan fingerprint density at radius 3 is 2.19 bits per heavy atom. The van der Waals surface area contributed by atoms with Gasteiger partial charge in [0.15, 0.2) is 0 Å². The van der Waals surface area contributed by atoms with Gasteiger partial charge < -0.3 is 20.3 Å². The van der Waals surface area contributed by atoms with Gasteiger partial charge >= 0.3 is 17.9 Å². The number of carboxylic acids is 2. The summed E-state index contributed by atoms with van der Waals surface area (Å²) in [6.45, 7) is -0.195. The van der Waals surface area contributed by atoms with Gasteiger partial charge in [-0.15, -0.1) is 0 Å². The molecule has 0 saturated carbocycles. The number of nitro benzene ring substituents is 1. The molecule has 2 aromatic carbocycles. The quantitative estimate of drug-likeness (QED) is 0.216. The minimum atomic E-state index is -1.44. The van der Waals surface area contributed by atoms with Crippen LogP contribution in [0.25, 0.3) is 6.08 Å². The summed E-state index contributed by atoms with van der Waals surface area (Å²) in [6, 6.07) is 10.5. The van der Waals surface area contributed by atoms with E-state index in [9.17, 15) is 29.3 Å². The third-order valence-corrected chi connectivity index (χ3v) is 4.07. The number of nitrogens with one attached hydrogen (secondary N) is 1. The molecule has 0 aromatic heterocycles. The zero-order valence-electron chi connectivity index (χ0n) is 16.5. The number of benzene rings is 2. The van der Waals surface area contributed by atoms with Crippen LogP contribution in [0, 0.1) is 10.1 Å². The lowest BCUT2D eigenvalue weighted by molar-refractivity contribution is -0.384. The zero-order chi connectivity index (χ0) is 23.7. The van der Waals surface area contributed by atoms with Crippen LogP contribution >= 0.6 is 0 Å². The summed E-state index contributed by atoms with van der Waals surface area (Å²) in [4.78, 5) is 56.5. The third-order valence-electron chi connectivity index (χ3n) is 4.07. The molecule has 11 nitrogen and oxygen atoms in total. The fraction of sp³-hybridized carbons (Fsp3) is 0.143. The van der Waals surface area contributed by atoms with Crippen LogP contribution < -0.4 is 5.32 Å². The normalized spacial score (nSPS) is 11.5. The molecule has 32 heavy (non-hydrogen) atoms. The molecule has 0 radical (unpaired) electrons. The van der Waals surface area contributed by atoms with E-state index in [4.69, 9.17) is 14.9 Å². The topological polar surface area (TPSA) is 173 Å². The molecule has 0 saturated heterocycles. The molecule has 2 rings (SSSR count). The summed E-state index contributed by atoms with van der Waals surface area (Å²) in [5, 5.41) is 30.5. The number of nitro groups is 1. The second-order valence-electron chi connectivity index (χ2n) is 6.36. The van der Waals surface area contributed by atoms with Crippen LogP contribution in [0.15, 0.2) is 54.6 Å². The molecule has 166 valence electrons. The number of esters is 1. The number of carbonyl (C=O) groups excluding carboxylic acids is 2. The monoisotopic (exact) mass is 442 g/mol. The van der Waals surface area contributed by atoms with E-state index in [-0.39, 0.29) is 29.8 Å². The number of non-ortho nitro benzene ring substituents is 1. The van der Waals surface area contributed by atoms with Gasteiger partial charge in [0.05, 0.1) is 16.9 Å². The van der Waals surface area contributed by atoms with E-state index in [1.165, 1.54) is 42.5 Å². The van der Waals surface area contributed by atoms with E-state index in [0.29, 0.717) is 5.56 Å². The average molecular weight is 442 g/mol. The van der Waals surface area contributed by atoms with Gasteiger partial charge in [0.25, 0.3) is 11.6 Å². The van der Waals surface area contributed by atoms with Crippen molar-refractivity contribution < 1.29 is 39.1 Å². The van der Waals surface area contributed by atoms with Gasteiger partial charge in [0.2, 0.25) is 6.10 Å². The lowest BCUT2D eigenvalue weighted by Crippen LogP contribution is -2.33. The number of nitrogens with zero attached hydrogens (tertiary/aromatic N) is 1. The summed E-state index contributed by atoms with van der Waals surface area (Å²) >= 11 is 0. The van der Waals surface area contributed by atoms with E-state index >= 15 is 0 Å². The predicted octanol–water partition coefficient (Wildman–Crippen LogP) is 2.18. The Labute approximate surface area is 181 Å². The van der Waals surface area contributed by atoms with E-state index in [0.717, 1.165) is 18.2 Å². The van der Waals surface area contributed by atoms with E-state index in [2.05, 4.69) is 5.32 Å². The molecule has 0 fully saturated rings. The number of aliphatic carboxylic acids is 2. The molecule has 1 unspecified atom stereocenters. The van der Waals surface area contributed by atoms with Crippen molar-refractivity contribution in [1.29, 1.82) is 0 Å². The van der Waals surface area contributed by atoms with Gasteiger partial charge in [-0.3, -0.25) is 19.7 Å². The first-order chi connectivity index (χ1) is 15.2. The van der Waals surface area contributed by atoms with E-state index in [1.54, 1.807) is 0 Å². The zero-order valence-corrected chi connectivity index (χ0v) is 16.5. The van der Waals surface area contributed by atoms with Crippen LogP contribution in [0.2, 0.25) is 0 Å². The van der Waals surface area contributed by atoms with Gasteiger partial charge in [-0.1, -0.05) is 24.3 Å². The lowest BCUT2D eigenvalue weighted by atomic mass is 10.1. The van der Waals surface area contributed by atoms with Crippen LogP contribution in [-0.4, -0.2) is 45.5 Å². The molecule has 0 aliphatic carbocycles. The second kappa shape index (κ2) is 11.0. The van der Waals surface area contributed by atoms with Gasteiger partial charge in [0.1, 0.15) is 0 Å². The number of hydrogen-bond donors (Lipinski definition) is 3. The fourth-order valence-corrected chi connectivity index (χ4v) is 2.50. The maximum atomic E-state index is 12.6. The Bertz CT molecular complexity index is 1040. The van der Waals surface area contributed by atoms with Crippen molar-refractivity contribution >= 4 is 35.6 Å². The number of carbonyl (C=O) groups is 4. The molecular formula is C21H18N2O9. The number of hydrogen-bond acceptors (Lipinski definition) is 7. The molecule has 0 heterocycles. The maximum absolute atomic E-state index is 12.6. The summed E-state index contributed by atoms with van der Waals surface area (Å²) in [7, 11) is 0. The number of rotatable bonds is 10. The molecule has 0 bridgehead atoms.